The highest BCUT2D eigenvalue weighted by Crippen LogP contribution is 2.41. The monoisotopic (exact) mass is 276 g/mol. The Labute approximate surface area is 128 Å². The smallest absolute Gasteiger partial charge is 0.00499 e. The standard InChI is InChI=1S/C14H18.3C2H6/c1-10-12-8-6-5-7-11(12)9-13(10)14(2,3)4;3*1-2/h5-8H,9H2,1-4H3;3*1-2H3. The van der Waals surface area contributed by atoms with Crippen LogP contribution in [0.4, 0.5) is 0 Å². The van der Waals surface area contributed by atoms with Gasteiger partial charge in [-0.3, -0.25) is 0 Å². The number of hydrogen-bond donors (Lipinski definition) is 0. The Balaban J connectivity index is 0. The van der Waals surface area contributed by atoms with Gasteiger partial charge in [0.05, 0.1) is 0 Å². The van der Waals surface area contributed by atoms with Gasteiger partial charge in [-0.05, 0) is 35.5 Å². The van der Waals surface area contributed by atoms with E-state index in [1.54, 1.807) is 5.57 Å². The van der Waals surface area contributed by atoms with Crippen LogP contribution in [0.25, 0.3) is 5.57 Å². The molecular weight excluding hydrogens is 240 g/mol. The molecule has 0 heterocycles. The van der Waals surface area contributed by atoms with Crippen LogP contribution in [-0.2, 0) is 6.42 Å². The maximum absolute atomic E-state index is 2.30. The number of hydrogen-bond acceptors (Lipinski definition) is 0. The second-order valence-electron chi connectivity index (χ2n) is 5.19. The lowest BCUT2D eigenvalue weighted by Crippen LogP contribution is -2.09. The molecule has 20 heavy (non-hydrogen) atoms. The molecule has 116 valence electrons. The first kappa shape index (κ1) is 21.3. The number of benzene rings is 1. The van der Waals surface area contributed by atoms with Crippen molar-refractivity contribution in [2.45, 2.75) is 75.7 Å². The third-order valence-electron chi connectivity index (χ3n) is 3.15. The Morgan fingerprint density at radius 1 is 0.800 bits per heavy atom. The predicted molar refractivity (Wildman–Crippen MR) is 96.2 cm³/mol. The van der Waals surface area contributed by atoms with Crippen LogP contribution < -0.4 is 0 Å². The average Bonchev–Trinajstić information content (AvgIpc) is 2.83. The van der Waals surface area contributed by atoms with Gasteiger partial charge >= 0.3 is 0 Å². The van der Waals surface area contributed by atoms with Crippen LogP contribution >= 0.6 is 0 Å². The second kappa shape index (κ2) is 10.7. The highest BCUT2D eigenvalue weighted by molar-refractivity contribution is 5.75. The molecule has 1 aliphatic carbocycles. The van der Waals surface area contributed by atoms with Crippen molar-refractivity contribution < 1.29 is 0 Å². The van der Waals surface area contributed by atoms with Crippen molar-refractivity contribution in [2.24, 2.45) is 5.41 Å². The molecule has 0 amide bonds. The Kier molecular flexibility index (Phi) is 11.4. The quantitative estimate of drug-likeness (QED) is 0.472. The molecule has 0 atom stereocenters. The van der Waals surface area contributed by atoms with Crippen LogP contribution in [-0.4, -0.2) is 0 Å². The van der Waals surface area contributed by atoms with E-state index >= 15 is 0 Å². The van der Waals surface area contributed by atoms with E-state index in [-0.39, 0.29) is 0 Å². The Morgan fingerprint density at radius 2 is 1.25 bits per heavy atom. The van der Waals surface area contributed by atoms with Gasteiger partial charge in [-0.15, -0.1) is 0 Å². The molecular formula is C20H36. The van der Waals surface area contributed by atoms with Gasteiger partial charge < -0.3 is 0 Å². The number of rotatable bonds is 0. The molecule has 0 fully saturated rings. The Hall–Kier alpha value is -1.04. The highest BCUT2D eigenvalue weighted by Gasteiger charge is 2.26. The molecule has 0 bridgehead atoms. The summed E-state index contributed by atoms with van der Waals surface area (Å²) in [4.78, 5) is 0. The van der Waals surface area contributed by atoms with Crippen molar-refractivity contribution in [1.29, 1.82) is 0 Å². The minimum atomic E-state index is 0.309. The second-order valence-corrected chi connectivity index (χ2v) is 5.19. The van der Waals surface area contributed by atoms with E-state index in [2.05, 4.69) is 52.0 Å². The van der Waals surface area contributed by atoms with Crippen LogP contribution in [0, 0.1) is 5.41 Å². The predicted octanol–water partition coefficient (Wildman–Crippen LogP) is 7.14. The van der Waals surface area contributed by atoms with Crippen molar-refractivity contribution in [1.82, 2.24) is 0 Å². The van der Waals surface area contributed by atoms with E-state index in [9.17, 15) is 0 Å². The van der Waals surface area contributed by atoms with Gasteiger partial charge in [-0.2, -0.15) is 0 Å². The molecule has 0 radical (unpaired) electrons. The van der Waals surface area contributed by atoms with Gasteiger partial charge in [0, 0.05) is 0 Å². The van der Waals surface area contributed by atoms with Gasteiger partial charge in [0.15, 0.2) is 0 Å². The van der Waals surface area contributed by atoms with E-state index < -0.39 is 0 Å². The molecule has 0 N–H and O–H groups in total. The van der Waals surface area contributed by atoms with Crippen molar-refractivity contribution in [3.05, 3.63) is 41.0 Å². The molecule has 0 heteroatoms. The third kappa shape index (κ3) is 5.53. The van der Waals surface area contributed by atoms with Gasteiger partial charge in [0.1, 0.15) is 0 Å². The molecule has 0 nitrogen and oxygen atoms in total. The molecule has 0 unspecified atom stereocenters. The summed E-state index contributed by atoms with van der Waals surface area (Å²) < 4.78 is 0. The largest absolute Gasteiger partial charge is 0.0683 e. The zero-order valence-electron chi connectivity index (χ0n) is 15.5. The summed E-state index contributed by atoms with van der Waals surface area (Å²) in [6.07, 6.45) is 1.14. The highest BCUT2D eigenvalue weighted by atomic mass is 14.3. The molecule has 0 spiro atoms. The van der Waals surface area contributed by atoms with Crippen molar-refractivity contribution in [3.63, 3.8) is 0 Å². The summed E-state index contributed by atoms with van der Waals surface area (Å²) in [6, 6.07) is 8.76. The fourth-order valence-corrected chi connectivity index (χ4v) is 2.35. The van der Waals surface area contributed by atoms with Crippen LogP contribution in [0.2, 0.25) is 0 Å². The lowest BCUT2D eigenvalue weighted by atomic mass is 9.83. The molecule has 1 aliphatic rings. The van der Waals surface area contributed by atoms with Crippen molar-refractivity contribution in [2.75, 3.05) is 0 Å². The summed E-state index contributed by atoms with van der Waals surface area (Å²) in [7, 11) is 0. The maximum atomic E-state index is 2.30. The van der Waals surface area contributed by atoms with Crippen LogP contribution in [0.3, 0.4) is 0 Å². The van der Waals surface area contributed by atoms with E-state index in [1.165, 1.54) is 16.7 Å². The Bertz CT molecular complexity index is 389. The fourth-order valence-electron chi connectivity index (χ4n) is 2.35. The molecule has 0 aliphatic heterocycles. The lowest BCUT2D eigenvalue weighted by Gasteiger charge is -2.21. The zero-order valence-corrected chi connectivity index (χ0v) is 15.5. The minimum Gasteiger partial charge on any atom is -0.0683 e. The van der Waals surface area contributed by atoms with Gasteiger partial charge in [-0.25, -0.2) is 0 Å². The number of fused-ring (bicyclic) bond motifs is 1. The summed E-state index contributed by atoms with van der Waals surface area (Å²) in [6.45, 7) is 21.2. The topological polar surface area (TPSA) is 0 Å². The summed E-state index contributed by atoms with van der Waals surface area (Å²) in [5.41, 5.74) is 6.35. The molecule has 0 saturated heterocycles. The summed E-state index contributed by atoms with van der Waals surface area (Å²) >= 11 is 0. The minimum absolute atomic E-state index is 0.309. The van der Waals surface area contributed by atoms with Gasteiger partial charge in [0.25, 0.3) is 0 Å². The van der Waals surface area contributed by atoms with Crippen LogP contribution in [0.5, 0.6) is 0 Å². The SMILES string of the molecule is CC.CC.CC.CC1=C(C(C)(C)C)Cc2ccccc21. The summed E-state index contributed by atoms with van der Waals surface area (Å²) in [5.74, 6) is 0. The average molecular weight is 277 g/mol. The van der Waals surface area contributed by atoms with Crippen molar-refractivity contribution >= 4 is 5.57 Å². The van der Waals surface area contributed by atoms with Gasteiger partial charge in [-0.1, -0.05) is 92.2 Å². The molecule has 0 saturated carbocycles. The molecule has 0 aromatic heterocycles. The van der Waals surface area contributed by atoms with Gasteiger partial charge in [0.2, 0.25) is 0 Å². The van der Waals surface area contributed by atoms with Crippen molar-refractivity contribution in [3.8, 4) is 0 Å². The lowest BCUT2D eigenvalue weighted by molar-refractivity contribution is 0.496. The zero-order chi connectivity index (χ0) is 16.3. The Morgan fingerprint density at radius 3 is 1.65 bits per heavy atom. The van der Waals surface area contributed by atoms with Crippen LogP contribution in [0.1, 0.15) is 80.4 Å². The van der Waals surface area contributed by atoms with E-state index in [1.807, 2.05) is 41.5 Å². The maximum Gasteiger partial charge on any atom is -0.00499 e. The van der Waals surface area contributed by atoms with E-state index in [0.29, 0.717) is 5.41 Å². The summed E-state index contributed by atoms with van der Waals surface area (Å²) in [5, 5.41) is 0. The molecule has 1 aromatic rings. The number of allylic oxidation sites excluding steroid dienone is 2. The normalized spacial score (nSPS) is 12.1. The fraction of sp³-hybridized carbons (Fsp3) is 0.600. The van der Waals surface area contributed by atoms with E-state index in [4.69, 9.17) is 0 Å². The first-order valence-electron chi connectivity index (χ1n) is 8.28. The van der Waals surface area contributed by atoms with Crippen LogP contribution in [0.15, 0.2) is 29.8 Å². The van der Waals surface area contributed by atoms with E-state index in [0.717, 1.165) is 6.42 Å². The third-order valence-corrected chi connectivity index (χ3v) is 3.15. The molecule has 1 aromatic carbocycles. The molecule has 2 rings (SSSR count). The first-order valence-corrected chi connectivity index (χ1v) is 8.28. The first-order chi connectivity index (χ1) is 9.50.